The molecule has 0 radical (unpaired) electrons. The molecule has 0 unspecified atom stereocenters. The van der Waals surface area contributed by atoms with E-state index in [9.17, 15) is 9.59 Å². The third kappa shape index (κ3) is 3.31. The van der Waals surface area contributed by atoms with Gasteiger partial charge in [0.1, 0.15) is 12.4 Å². The number of benzene rings is 1. The number of amides is 2. The van der Waals surface area contributed by atoms with Crippen LogP contribution in [0.1, 0.15) is 29.0 Å². The lowest BCUT2D eigenvalue weighted by Gasteiger charge is -2.23. The molecular weight excluding hydrogens is 348 g/mol. The molecule has 0 aliphatic carbocycles. The maximum absolute atomic E-state index is 12.9. The second kappa shape index (κ2) is 7.02. The first-order chi connectivity index (χ1) is 13.1. The monoisotopic (exact) mass is 366 g/mol. The average Bonchev–Trinajstić information content (AvgIpc) is 3.43. The number of rotatable bonds is 4. The minimum Gasteiger partial charge on any atom is -0.459 e. The smallest absolute Gasteiger partial charge is 0.290 e. The maximum Gasteiger partial charge on any atom is 0.290 e. The van der Waals surface area contributed by atoms with Crippen molar-refractivity contribution in [2.75, 3.05) is 11.9 Å². The van der Waals surface area contributed by atoms with Crippen LogP contribution >= 0.6 is 0 Å². The topological polar surface area (TPSA) is 106 Å². The van der Waals surface area contributed by atoms with Crippen LogP contribution in [0, 0.1) is 6.92 Å². The van der Waals surface area contributed by atoms with Crippen LogP contribution in [0.15, 0.2) is 47.3 Å². The SMILES string of the molecule is Cc1ccc(-n2cnnn2)cc1NC(=O)[C@@H]1CCCN1C(=O)c1ccco1. The molecule has 3 aromatic rings. The van der Waals surface area contributed by atoms with E-state index in [1.165, 1.54) is 17.3 Å². The summed E-state index contributed by atoms with van der Waals surface area (Å²) in [5, 5.41) is 14.0. The van der Waals surface area contributed by atoms with E-state index in [1.54, 1.807) is 23.1 Å². The molecule has 1 saturated heterocycles. The molecule has 1 N–H and O–H groups in total. The Hall–Kier alpha value is -3.49. The Kier molecular flexibility index (Phi) is 4.41. The van der Waals surface area contributed by atoms with Gasteiger partial charge in [0.25, 0.3) is 5.91 Å². The number of hydrogen-bond acceptors (Lipinski definition) is 6. The Morgan fingerprint density at radius 2 is 2.19 bits per heavy atom. The molecule has 0 saturated carbocycles. The van der Waals surface area contributed by atoms with Crippen molar-refractivity contribution in [2.45, 2.75) is 25.8 Å². The number of aryl methyl sites for hydroxylation is 1. The second-order valence-electron chi connectivity index (χ2n) is 6.38. The highest BCUT2D eigenvalue weighted by Gasteiger charge is 2.35. The van der Waals surface area contributed by atoms with E-state index in [4.69, 9.17) is 4.42 Å². The van der Waals surface area contributed by atoms with Crippen molar-refractivity contribution in [1.82, 2.24) is 25.1 Å². The summed E-state index contributed by atoms with van der Waals surface area (Å²) in [6.45, 7) is 2.43. The van der Waals surface area contributed by atoms with Crippen molar-refractivity contribution < 1.29 is 14.0 Å². The molecule has 3 heterocycles. The van der Waals surface area contributed by atoms with Crippen LogP contribution in [0.5, 0.6) is 0 Å². The van der Waals surface area contributed by atoms with Crippen molar-refractivity contribution in [3.05, 3.63) is 54.2 Å². The van der Waals surface area contributed by atoms with Gasteiger partial charge in [0, 0.05) is 12.2 Å². The first-order valence-electron chi connectivity index (χ1n) is 8.63. The standard InChI is InChI=1S/C18H18N6O3/c1-12-6-7-13(24-11-19-21-22-24)10-14(12)20-17(25)15-4-2-8-23(15)18(26)16-5-3-9-27-16/h3,5-7,9-11,15H,2,4,8H2,1H3,(H,20,25)/t15-/m0/s1. The Morgan fingerprint density at radius 3 is 2.93 bits per heavy atom. The van der Waals surface area contributed by atoms with E-state index < -0.39 is 6.04 Å². The van der Waals surface area contributed by atoms with Crippen LogP contribution in [0.2, 0.25) is 0 Å². The predicted octanol–water partition coefficient (Wildman–Crippen LogP) is 1.81. The van der Waals surface area contributed by atoms with E-state index >= 15 is 0 Å². The van der Waals surface area contributed by atoms with Crippen molar-refractivity contribution in [2.24, 2.45) is 0 Å². The second-order valence-corrected chi connectivity index (χ2v) is 6.38. The van der Waals surface area contributed by atoms with E-state index in [-0.39, 0.29) is 17.6 Å². The summed E-state index contributed by atoms with van der Waals surface area (Å²) >= 11 is 0. The average molecular weight is 366 g/mol. The molecular formula is C18H18N6O3. The largest absolute Gasteiger partial charge is 0.459 e. The highest BCUT2D eigenvalue weighted by molar-refractivity contribution is 6.01. The van der Waals surface area contributed by atoms with Gasteiger partial charge in [-0.25, -0.2) is 4.68 Å². The zero-order chi connectivity index (χ0) is 18.8. The Labute approximate surface area is 155 Å². The van der Waals surface area contributed by atoms with E-state index in [0.29, 0.717) is 18.7 Å². The predicted molar refractivity (Wildman–Crippen MR) is 95.3 cm³/mol. The number of likely N-dealkylation sites (tertiary alicyclic amines) is 1. The number of furan rings is 1. The molecule has 1 aliphatic heterocycles. The molecule has 27 heavy (non-hydrogen) atoms. The van der Waals surface area contributed by atoms with E-state index in [0.717, 1.165) is 17.7 Å². The van der Waals surface area contributed by atoms with Crippen LogP contribution < -0.4 is 5.32 Å². The van der Waals surface area contributed by atoms with Crippen molar-refractivity contribution in [3.8, 4) is 5.69 Å². The summed E-state index contributed by atoms with van der Waals surface area (Å²) in [4.78, 5) is 27.0. The molecule has 1 aromatic carbocycles. The van der Waals surface area contributed by atoms with Crippen molar-refractivity contribution >= 4 is 17.5 Å². The maximum atomic E-state index is 12.9. The third-order valence-electron chi connectivity index (χ3n) is 4.64. The number of nitrogens with one attached hydrogen (secondary N) is 1. The first kappa shape index (κ1) is 17.0. The minimum atomic E-state index is -0.529. The van der Waals surface area contributed by atoms with E-state index in [2.05, 4.69) is 20.8 Å². The molecule has 9 nitrogen and oxygen atoms in total. The lowest BCUT2D eigenvalue weighted by atomic mass is 10.1. The number of anilines is 1. The van der Waals surface area contributed by atoms with Gasteiger partial charge in [-0.3, -0.25) is 9.59 Å². The number of nitrogens with zero attached hydrogens (tertiary/aromatic N) is 5. The number of carbonyl (C=O) groups excluding carboxylic acids is 2. The summed E-state index contributed by atoms with van der Waals surface area (Å²) in [5.41, 5.74) is 2.29. The van der Waals surface area contributed by atoms with Crippen LogP contribution in [-0.4, -0.2) is 49.5 Å². The minimum absolute atomic E-state index is 0.218. The first-order valence-corrected chi connectivity index (χ1v) is 8.63. The van der Waals surface area contributed by atoms with Gasteiger partial charge in [-0.1, -0.05) is 6.07 Å². The van der Waals surface area contributed by atoms with Gasteiger partial charge in [0.2, 0.25) is 5.91 Å². The highest BCUT2D eigenvalue weighted by atomic mass is 16.3. The summed E-state index contributed by atoms with van der Waals surface area (Å²) in [5.74, 6) is -0.243. The molecule has 0 spiro atoms. The zero-order valence-electron chi connectivity index (χ0n) is 14.7. The normalized spacial score (nSPS) is 16.5. The Bertz CT molecular complexity index is 952. The summed E-state index contributed by atoms with van der Waals surface area (Å²) in [6.07, 6.45) is 4.32. The van der Waals surface area contributed by atoms with Gasteiger partial charge in [-0.2, -0.15) is 0 Å². The Morgan fingerprint density at radius 1 is 1.30 bits per heavy atom. The fraction of sp³-hybridized carbons (Fsp3) is 0.278. The number of hydrogen-bond donors (Lipinski definition) is 1. The van der Waals surface area contributed by atoms with Gasteiger partial charge < -0.3 is 14.6 Å². The number of carbonyl (C=O) groups is 2. The molecule has 1 fully saturated rings. The van der Waals surface area contributed by atoms with Gasteiger partial charge >= 0.3 is 0 Å². The molecule has 4 rings (SSSR count). The van der Waals surface area contributed by atoms with E-state index in [1.807, 2.05) is 19.1 Å². The molecule has 1 aliphatic rings. The summed E-state index contributed by atoms with van der Waals surface area (Å²) in [7, 11) is 0. The van der Waals surface area contributed by atoms with Crippen LogP contribution in [0.25, 0.3) is 5.69 Å². The molecule has 9 heteroatoms. The fourth-order valence-electron chi connectivity index (χ4n) is 3.21. The van der Waals surface area contributed by atoms with Gasteiger partial charge in [-0.05, 0) is 60.0 Å². The van der Waals surface area contributed by atoms with Gasteiger partial charge in [0.15, 0.2) is 5.76 Å². The van der Waals surface area contributed by atoms with Crippen molar-refractivity contribution in [1.29, 1.82) is 0 Å². The van der Waals surface area contributed by atoms with Crippen LogP contribution in [-0.2, 0) is 4.79 Å². The fourth-order valence-corrected chi connectivity index (χ4v) is 3.21. The number of aromatic nitrogens is 4. The van der Waals surface area contributed by atoms with Gasteiger partial charge in [0.05, 0.1) is 12.0 Å². The van der Waals surface area contributed by atoms with Crippen molar-refractivity contribution in [3.63, 3.8) is 0 Å². The zero-order valence-corrected chi connectivity index (χ0v) is 14.7. The number of tetrazole rings is 1. The quantitative estimate of drug-likeness (QED) is 0.755. The molecule has 0 bridgehead atoms. The molecule has 1 atom stereocenters. The Balaban J connectivity index is 1.53. The third-order valence-corrected chi connectivity index (χ3v) is 4.64. The lowest BCUT2D eigenvalue weighted by Crippen LogP contribution is -2.43. The van der Waals surface area contributed by atoms with Gasteiger partial charge in [-0.15, -0.1) is 5.10 Å². The summed E-state index contributed by atoms with van der Waals surface area (Å²) < 4.78 is 6.70. The highest BCUT2D eigenvalue weighted by Crippen LogP contribution is 2.24. The lowest BCUT2D eigenvalue weighted by molar-refractivity contribution is -0.119. The molecule has 2 aromatic heterocycles. The summed E-state index contributed by atoms with van der Waals surface area (Å²) in [6, 6.07) is 8.29. The van der Waals surface area contributed by atoms with Crippen LogP contribution in [0.3, 0.4) is 0 Å². The molecule has 2 amide bonds. The van der Waals surface area contributed by atoms with Crippen LogP contribution in [0.4, 0.5) is 5.69 Å². The molecule has 138 valence electrons.